The molecule has 0 amide bonds. The third-order valence-electron chi connectivity index (χ3n) is 3.26. The van der Waals surface area contributed by atoms with E-state index >= 15 is 0 Å². The van der Waals surface area contributed by atoms with Gasteiger partial charge in [0.15, 0.2) is 0 Å². The van der Waals surface area contributed by atoms with Gasteiger partial charge in [0, 0.05) is 23.0 Å². The second kappa shape index (κ2) is 4.74. The van der Waals surface area contributed by atoms with Gasteiger partial charge in [0.1, 0.15) is 11.0 Å². The van der Waals surface area contributed by atoms with Crippen LogP contribution in [0.25, 0.3) is 21.9 Å². The summed E-state index contributed by atoms with van der Waals surface area (Å²) in [7, 11) is 0. The molecule has 0 unspecified atom stereocenters. The van der Waals surface area contributed by atoms with Gasteiger partial charge in [-0.2, -0.15) is 0 Å². The van der Waals surface area contributed by atoms with E-state index in [4.69, 9.17) is 11.6 Å². The van der Waals surface area contributed by atoms with Gasteiger partial charge in [0.25, 0.3) is 0 Å². The van der Waals surface area contributed by atoms with Crippen LogP contribution < -0.4 is 0 Å². The fraction of sp³-hybridized carbons (Fsp3) is 0.267. The second-order valence-corrected chi connectivity index (χ2v) is 4.91. The standard InChI is InChI=1S/C15H14ClN3/c1-3-10-6-5-9-8-17-14-12(16)7-11(4-2)19-15(14)13(9)18-10/h5-8H,3-4H2,1-2H3. The van der Waals surface area contributed by atoms with Gasteiger partial charge < -0.3 is 0 Å². The Morgan fingerprint density at radius 1 is 0.947 bits per heavy atom. The maximum Gasteiger partial charge on any atom is 0.117 e. The molecule has 0 aromatic carbocycles. The average Bonchev–Trinajstić information content (AvgIpc) is 2.46. The van der Waals surface area contributed by atoms with Crippen LogP contribution in [0.15, 0.2) is 24.4 Å². The average molecular weight is 272 g/mol. The van der Waals surface area contributed by atoms with Crippen LogP contribution in [-0.2, 0) is 12.8 Å². The van der Waals surface area contributed by atoms with E-state index in [0.29, 0.717) is 5.02 Å². The van der Waals surface area contributed by atoms with Crippen molar-refractivity contribution in [3.05, 3.63) is 40.8 Å². The molecule has 0 fully saturated rings. The van der Waals surface area contributed by atoms with Gasteiger partial charge >= 0.3 is 0 Å². The van der Waals surface area contributed by atoms with Crippen molar-refractivity contribution < 1.29 is 0 Å². The van der Waals surface area contributed by atoms with E-state index in [1.807, 2.05) is 24.4 Å². The minimum absolute atomic E-state index is 0.646. The number of halogens is 1. The summed E-state index contributed by atoms with van der Waals surface area (Å²) < 4.78 is 0. The van der Waals surface area contributed by atoms with Crippen LogP contribution in [0.5, 0.6) is 0 Å². The Morgan fingerprint density at radius 3 is 2.42 bits per heavy atom. The molecule has 3 aromatic rings. The summed E-state index contributed by atoms with van der Waals surface area (Å²) >= 11 is 6.28. The first-order valence-corrected chi connectivity index (χ1v) is 6.84. The Labute approximate surface area is 116 Å². The normalized spacial score (nSPS) is 11.3. The first kappa shape index (κ1) is 12.3. The summed E-state index contributed by atoms with van der Waals surface area (Å²) in [5.74, 6) is 0. The van der Waals surface area contributed by atoms with Crippen molar-refractivity contribution in [3.8, 4) is 0 Å². The molecule has 3 nitrogen and oxygen atoms in total. The zero-order chi connectivity index (χ0) is 13.4. The Bertz CT molecular complexity index is 768. The number of pyridine rings is 3. The number of fused-ring (bicyclic) bond motifs is 3. The number of aryl methyl sites for hydroxylation is 2. The Balaban J connectivity index is 2.45. The maximum atomic E-state index is 6.28. The van der Waals surface area contributed by atoms with E-state index in [1.54, 1.807) is 0 Å². The van der Waals surface area contributed by atoms with Gasteiger partial charge in [-0.1, -0.05) is 25.4 Å². The lowest BCUT2D eigenvalue weighted by Gasteiger charge is -2.07. The van der Waals surface area contributed by atoms with E-state index in [2.05, 4.69) is 28.8 Å². The van der Waals surface area contributed by atoms with Gasteiger partial charge in [0.2, 0.25) is 0 Å². The van der Waals surface area contributed by atoms with Gasteiger partial charge in [-0.3, -0.25) is 9.97 Å². The third kappa shape index (κ3) is 2.04. The lowest BCUT2D eigenvalue weighted by atomic mass is 10.1. The smallest absolute Gasteiger partial charge is 0.117 e. The fourth-order valence-corrected chi connectivity index (χ4v) is 2.43. The first-order chi connectivity index (χ1) is 9.22. The van der Waals surface area contributed by atoms with E-state index in [9.17, 15) is 0 Å². The van der Waals surface area contributed by atoms with Crippen molar-refractivity contribution in [2.24, 2.45) is 0 Å². The minimum atomic E-state index is 0.646. The largest absolute Gasteiger partial charge is 0.252 e. The van der Waals surface area contributed by atoms with E-state index < -0.39 is 0 Å². The molecule has 0 N–H and O–H groups in total. The number of aromatic nitrogens is 3. The van der Waals surface area contributed by atoms with E-state index in [-0.39, 0.29) is 0 Å². The molecule has 19 heavy (non-hydrogen) atoms. The highest BCUT2D eigenvalue weighted by Gasteiger charge is 2.10. The molecule has 4 heteroatoms. The molecule has 3 rings (SSSR count). The summed E-state index contributed by atoms with van der Waals surface area (Å²) in [4.78, 5) is 13.7. The Hall–Kier alpha value is -1.74. The molecular formula is C15H14ClN3. The van der Waals surface area contributed by atoms with Crippen LogP contribution in [0.4, 0.5) is 0 Å². The van der Waals surface area contributed by atoms with Crippen LogP contribution >= 0.6 is 11.6 Å². The number of rotatable bonds is 2. The van der Waals surface area contributed by atoms with Crippen molar-refractivity contribution in [1.29, 1.82) is 0 Å². The molecule has 0 bridgehead atoms. The van der Waals surface area contributed by atoms with Crippen LogP contribution in [-0.4, -0.2) is 15.0 Å². The zero-order valence-corrected chi connectivity index (χ0v) is 11.7. The minimum Gasteiger partial charge on any atom is -0.252 e. The topological polar surface area (TPSA) is 38.7 Å². The molecule has 0 saturated heterocycles. The summed E-state index contributed by atoms with van der Waals surface area (Å²) in [6.07, 6.45) is 3.56. The molecule has 0 aliphatic carbocycles. The molecule has 0 atom stereocenters. The number of nitrogens with zero attached hydrogens (tertiary/aromatic N) is 3. The molecule has 96 valence electrons. The molecule has 0 radical (unpaired) electrons. The zero-order valence-electron chi connectivity index (χ0n) is 10.9. The predicted octanol–water partition coefficient (Wildman–Crippen LogP) is 3.96. The van der Waals surface area contributed by atoms with E-state index in [1.165, 1.54) is 0 Å². The molecule has 0 aliphatic rings. The highest BCUT2D eigenvalue weighted by atomic mass is 35.5. The molecule has 3 aromatic heterocycles. The molecular weight excluding hydrogens is 258 g/mol. The second-order valence-electron chi connectivity index (χ2n) is 4.50. The van der Waals surface area contributed by atoms with Gasteiger partial charge in [0.05, 0.1) is 10.5 Å². The predicted molar refractivity (Wildman–Crippen MR) is 78.6 cm³/mol. The Morgan fingerprint density at radius 2 is 1.68 bits per heavy atom. The lowest BCUT2D eigenvalue weighted by Crippen LogP contribution is -1.95. The van der Waals surface area contributed by atoms with E-state index in [0.717, 1.165) is 46.2 Å². The van der Waals surface area contributed by atoms with Crippen molar-refractivity contribution in [2.45, 2.75) is 26.7 Å². The molecule has 0 spiro atoms. The Kier molecular flexibility index (Phi) is 3.07. The van der Waals surface area contributed by atoms with Crippen LogP contribution in [0.2, 0.25) is 5.02 Å². The summed E-state index contributed by atoms with van der Waals surface area (Å²) in [5.41, 5.74) is 4.45. The molecule has 0 aliphatic heterocycles. The monoisotopic (exact) mass is 271 g/mol. The van der Waals surface area contributed by atoms with Crippen molar-refractivity contribution in [2.75, 3.05) is 0 Å². The highest BCUT2D eigenvalue weighted by Crippen LogP contribution is 2.26. The fourth-order valence-electron chi connectivity index (χ4n) is 2.16. The van der Waals surface area contributed by atoms with Crippen LogP contribution in [0.1, 0.15) is 25.2 Å². The first-order valence-electron chi connectivity index (χ1n) is 6.46. The van der Waals surface area contributed by atoms with Gasteiger partial charge in [-0.05, 0) is 31.0 Å². The van der Waals surface area contributed by atoms with Crippen molar-refractivity contribution in [1.82, 2.24) is 15.0 Å². The van der Waals surface area contributed by atoms with Crippen molar-refractivity contribution >= 4 is 33.5 Å². The number of hydrogen-bond donors (Lipinski definition) is 0. The lowest BCUT2D eigenvalue weighted by molar-refractivity contribution is 1.04. The summed E-state index contributed by atoms with van der Waals surface area (Å²) in [6, 6.07) is 5.95. The number of hydrogen-bond acceptors (Lipinski definition) is 3. The van der Waals surface area contributed by atoms with Crippen molar-refractivity contribution in [3.63, 3.8) is 0 Å². The summed E-state index contributed by atoms with van der Waals surface area (Å²) in [6.45, 7) is 4.16. The third-order valence-corrected chi connectivity index (χ3v) is 3.55. The maximum absolute atomic E-state index is 6.28. The quantitative estimate of drug-likeness (QED) is 0.662. The molecule has 3 heterocycles. The highest BCUT2D eigenvalue weighted by molar-refractivity contribution is 6.35. The van der Waals surface area contributed by atoms with Gasteiger partial charge in [-0.25, -0.2) is 4.98 Å². The SMILES string of the molecule is CCc1ccc2cnc3c(Cl)cc(CC)nc3c2n1. The van der Waals surface area contributed by atoms with Gasteiger partial charge in [-0.15, -0.1) is 0 Å². The van der Waals surface area contributed by atoms with Crippen LogP contribution in [0, 0.1) is 0 Å². The summed E-state index contributed by atoms with van der Waals surface area (Å²) in [5, 5.41) is 1.65. The molecule has 0 saturated carbocycles. The van der Waals surface area contributed by atoms with Crippen LogP contribution in [0.3, 0.4) is 0 Å².